The van der Waals surface area contributed by atoms with Crippen molar-refractivity contribution in [1.82, 2.24) is 14.5 Å². The van der Waals surface area contributed by atoms with E-state index in [0.717, 1.165) is 30.5 Å². The molecular formula is C25H29N3. The van der Waals surface area contributed by atoms with Crippen LogP contribution in [0.1, 0.15) is 52.8 Å². The van der Waals surface area contributed by atoms with Crippen LogP contribution < -0.4 is 0 Å². The van der Waals surface area contributed by atoms with Gasteiger partial charge in [0.2, 0.25) is 0 Å². The van der Waals surface area contributed by atoms with Crippen molar-refractivity contribution in [3.63, 3.8) is 0 Å². The van der Waals surface area contributed by atoms with Crippen LogP contribution in [0.25, 0.3) is 10.9 Å². The van der Waals surface area contributed by atoms with E-state index in [1.54, 1.807) is 11.3 Å². The molecule has 2 fully saturated rings. The molecular weight excluding hydrogens is 342 g/mol. The molecule has 3 aromatic rings. The van der Waals surface area contributed by atoms with E-state index in [0.29, 0.717) is 5.92 Å². The van der Waals surface area contributed by atoms with E-state index in [1.807, 2.05) is 0 Å². The van der Waals surface area contributed by atoms with Gasteiger partial charge in [0, 0.05) is 60.6 Å². The van der Waals surface area contributed by atoms with E-state index >= 15 is 0 Å². The molecule has 144 valence electrons. The molecule has 0 N–H and O–H groups in total. The van der Waals surface area contributed by atoms with Crippen LogP contribution in [0, 0.1) is 19.8 Å². The molecule has 4 atom stereocenters. The first-order chi connectivity index (χ1) is 13.7. The van der Waals surface area contributed by atoms with E-state index in [2.05, 4.69) is 64.8 Å². The van der Waals surface area contributed by atoms with Crippen molar-refractivity contribution in [2.45, 2.75) is 51.5 Å². The van der Waals surface area contributed by atoms with E-state index in [9.17, 15) is 0 Å². The zero-order valence-corrected chi connectivity index (χ0v) is 17.0. The summed E-state index contributed by atoms with van der Waals surface area (Å²) in [7, 11) is 0. The summed E-state index contributed by atoms with van der Waals surface area (Å²) >= 11 is 0. The second kappa shape index (κ2) is 6.18. The van der Waals surface area contributed by atoms with Gasteiger partial charge >= 0.3 is 0 Å². The SMILES string of the molecule is Cc1ccc2c(c1)c1c(n2CCc2ccc(C)nc2)[C@@H]2CC3C[C@@H]1CN(C3)C2. The van der Waals surface area contributed by atoms with Gasteiger partial charge in [0.05, 0.1) is 0 Å². The number of hydrogen-bond donors (Lipinski definition) is 0. The molecule has 3 nitrogen and oxygen atoms in total. The molecule has 4 bridgehead atoms. The van der Waals surface area contributed by atoms with Crippen molar-refractivity contribution in [1.29, 1.82) is 0 Å². The van der Waals surface area contributed by atoms with Crippen molar-refractivity contribution in [3.8, 4) is 0 Å². The van der Waals surface area contributed by atoms with Gasteiger partial charge in [-0.1, -0.05) is 17.7 Å². The number of benzene rings is 1. The van der Waals surface area contributed by atoms with Crippen molar-refractivity contribution in [3.05, 3.63) is 64.6 Å². The lowest BCUT2D eigenvalue weighted by atomic mass is 9.82. The first-order valence-corrected chi connectivity index (χ1v) is 10.9. The lowest BCUT2D eigenvalue weighted by Gasteiger charge is -2.41. The van der Waals surface area contributed by atoms with E-state index < -0.39 is 0 Å². The van der Waals surface area contributed by atoms with Gasteiger partial charge in [-0.2, -0.15) is 0 Å². The molecule has 3 heteroatoms. The predicted octanol–water partition coefficient (Wildman–Crippen LogP) is 4.80. The Balaban J connectivity index is 1.48. The summed E-state index contributed by atoms with van der Waals surface area (Å²) in [5.41, 5.74) is 8.67. The van der Waals surface area contributed by atoms with Gasteiger partial charge in [-0.05, 0) is 74.3 Å². The van der Waals surface area contributed by atoms with Crippen LogP contribution in [0.2, 0.25) is 0 Å². The van der Waals surface area contributed by atoms with Gasteiger partial charge in [0.25, 0.3) is 0 Å². The topological polar surface area (TPSA) is 21.1 Å². The van der Waals surface area contributed by atoms with E-state index in [-0.39, 0.29) is 0 Å². The Hall–Kier alpha value is -2.13. The minimum Gasteiger partial charge on any atom is -0.344 e. The highest BCUT2D eigenvalue weighted by atomic mass is 15.2. The third kappa shape index (κ3) is 2.56. The average Bonchev–Trinajstić information content (AvgIpc) is 2.89. The summed E-state index contributed by atoms with van der Waals surface area (Å²) < 4.78 is 2.69. The molecule has 0 amide bonds. The van der Waals surface area contributed by atoms with Crippen LogP contribution in [0.15, 0.2) is 36.5 Å². The molecule has 2 unspecified atom stereocenters. The monoisotopic (exact) mass is 371 g/mol. The molecule has 3 aliphatic heterocycles. The van der Waals surface area contributed by atoms with E-state index in [4.69, 9.17) is 0 Å². The molecule has 0 saturated carbocycles. The molecule has 2 saturated heterocycles. The lowest BCUT2D eigenvalue weighted by molar-refractivity contribution is 0.103. The number of nitrogens with zero attached hydrogens (tertiary/aromatic N) is 3. The van der Waals surface area contributed by atoms with Crippen LogP contribution in [0.5, 0.6) is 0 Å². The maximum absolute atomic E-state index is 4.51. The fraction of sp³-hybridized carbons (Fsp3) is 0.480. The van der Waals surface area contributed by atoms with Gasteiger partial charge < -0.3 is 9.47 Å². The number of hydrogen-bond acceptors (Lipinski definition) is 2. The molecule has 0 spiro atoms. The van der Waals surface area contributed by atoms with Crippen molar-refractivity contribution in [2.75, 3.05) is 19.6 Å². The van der Waals surface area contributed by atoms with Crippen LogP contribution in [0.4, 0.5) is 0 Å². The maximum Gasteiger partial charge on any atom is 0.0485 e. The molecule has 2 aromatic heterocycles. The number of aromatic nitrogens is 2. The predicted molar refractivity (Wildman–Crippen MR) is 114 cm³/mol. The zero-order valence-electron chi connectivity index (χ0n) is 17.0. The summed E-state index contributed by atoms with van der Waals surface area (Å²) in [6.07, 6.45) is 5.90. The number of piperidine rings is 2. The minimum atomic E-state index is 0.713. The number of pyridine rings is 1. The molecule has 1 aliphatic carbocycles. The highest BCUT2D eigenvalue weighted by molar-refractivity contribution is 5.87. The molecule has 7 rings (SSSR count). The molecule has 4 aliphatic rings. The Kier molecular flexibility index (Phi) is 3.71. The quantitative estimate of drug-likeness (QED) is 0.659. The smallest absolute Gasteiger partial charge is 0.0485 e. The Morgan fingerprint density at radius 3 is 2.68 bits per heavy atom. The Morgan fingerprint density at radius 2 is 1.86 bits per heavy atom. The van der Waals surface area contributed by atoms with Gasteiger partial charge in [-0.15, -0.1) is 0 Å². The van der Waals surface area contributed by atoms with Crippen LogP contribution >= 0.6 is 0 Å². The first kappa shape index (κ1) is 16.8. The minimum absolute atomic E-state index is 0.713. The summed E-state index contributed by atoms with van der Waals surface area (Å²) in [5.74, 6) is 2.34. The van der Waals surface area contributed by atoms with Crippen molar-refractivity contribution < 1.29 is 0 Å². The highest BCUT2D eigenvalue weighted by Crippen LogP contribution is 2.50. The highest BCUT2D eigenvalue weighted by Gasteiger charge is 2.43. The number of aryl methyl sites for hydroxylation is 4. The third-order valence-corrected chi connectivity index (χ3v) is 7.40. The maximum atomic E-state index is 4.51. The molecule has 5 heterocycles. The Morgan fingerprint density at radius 1 is 1.00 bits per heavy atom. The van der Waals surface area contributed by atoms with Gasteiger partial charge in [0.15, 0.2) is 0 Å². The fourth-order valence-electron chi connectivity index (χ4n) is 6.33. The first-order valence-electron chi connectivity index (χ1n) is 10.9. The Bertz CT molecular complexity index is 1030. The zero-order chi connectivity index (χ0) is 18.8. The standard InChI is InChI=1S/C25H29N3/c1-16-3-6-23-22(9-16)24-20-10-19-11-21(15-27(13-19)14-20)25(24)28(23)8-7-18-5-4-17(2)26-12-18/h3-6,9,12,19-21H,7-8,10-11,13-15H2,1-2H3/t19?,20-,21-/m1/s1. The second-order valence-electron chi connectivity index (χ2n) is 9.48. The number of rotatable bonds is 3. The van der Waals surface area contributed by atoms with Crippen molar-refractivity contribution in [2.24, 2.45) is 5.92 Å². The van der Waals surface area contributed by atoms with Gasteiger partial charge in [0.1, 0.15) is 0 Å². The van der Waals surface area contributed by atoms with Crippen LogP contribution in [0.3, 0.4) is 0 Å². The third-order valence-electron chi connectivity index (χ3n) is 7.40. The summed E-state index contributed by atoms with van der Waals surface area (Å²) in [4.78, 5) is 7.26. The second-order valence-corrected chi connectivity index (χ2v) is 9.48. The largest absolute Gasteiger partial charge is 0.344 e. The lowest BCUT2D eigenvalue weighted by Crippen LogP contribution is -2.44. The normalized spacial score (nSPS) is 27.9. The molecule has 28 heavy (non-hydrogen) atoms. The summed E-state index contributed by atoms with van der Waals surface area (Å²) in [6.45, 7) is 9.24. The van der Waals surface area contributed by atoms with Crippen LogP contribution in [-0.2, 0) is 13.0 Å². The number of fused-ring (bicyclic) bond motifs is 1. The van der Waals surface area contributed by atoms with E-state index in [1.165, 1.54) is 54.5 Å². The molecule has 0 radical (unpaired) electrons. The van der Waals surface area contributed by atoms with Gasteiger partial charge in [-0.25, -0.2) is 0 Å². The summed E-state index contributed by atoms with van der Waals surface area (Å²) in [5, 5.41) is 1.54. The molecule has 1 aromatic carbocycles. The van der Waals surface area contributed by atoms with Crippen LogP contribution in [-0.4, -0.2) is 34.1 Å². The van der Waals surface area contributed by atoms with Gasteiger partial charge in [-0.3, -0.25) is 4.98 Å². The fourth-order valence-corrected chi connectivity index (χ4v) is 6.33. The van der Waals surface area contributed by atoms with Crippen molar-refractivity contribution >= 4 is 10.9 Å². The average molecular weight is 372 g/mol. The summed E-state index contributed by atoms with van der Waals surface area (Å²) in [6, 6.07) is 11.5. The Labute approximate surface area is 167 Å².